The number of likely N-dealkylation sites (tertiary alicyclic amines) is 1. The van der Waals surface area contributed by atoms with E-state index in [9.17, 15) is 27.6 Å². The predicted octanol–water partition coefficient (Wildman–Crippen LogP) is 0.348. The third kappa shape index (κ3) is 4.48. The molecule has 1 heterocycles. The lowest BCUT2D eigenvalue weighted by Crippen LogP contribution is -2.47. The Balaban J connectivity index is 2.59. The van der Waals surface area contributed by atoms with Crippen molar-refractivity contribution in [2.75, 3.05) is 13.1 Å². The van der Waals surface area contributed by atoms with Gasteiger partial charge < -0.3 is 15.4 Å². The lowest BCUT2D eigenvalue weighted by atomic mass is 9.99. The number of nitrogens with zero attached hydrogens (tertiary/aromatic N) is 1. The second kappa shape index (κ2) is 6.69. The topological polar surface area (TPSA) is 89.7 Å². The van der Waals surface area contributed by atoms with E-state index in [-0.39, 0.29) is 12.5 Å². The molecule has 0 aromatic carbocycles. The summed E-state index contributed by atoms with van der Waals surface area (Å²) in [6.07, 6.45) is -3.73. The third-order valence-corrected chi connectivity index (χ3v) is 2.96. The maximum atomic E-state index is 11.9. The van der Waals surface area contributed by atoms with E-state index in [1.807, 2.05) is 0 Å². The smallest absolute Gasteiger partial charge is 0.386 e. The second-order valence-corrected chi connectivity index (χ2v) is 4.40. The Kier molecular flexibility index (Phi) is 5.49. The molecule has 1 aliphatic heterocycles. The van der Waals surface area contributed by atoms with Crippen molar-refractivity contribution < 1.29 is 32.3 Å². The molecule has 114 valence electrons. The number of halogens is 3. The number of amides is 1. The summed E-state index contributed by atoms with van der Waals surface area (Å²) < 4.78 is 39.5. The first-order chi connectivity index (χ1) is 9.25. The van der Waals surface area contributed by atoms with E-state index in [4.69, 9.17) is 5.73 Å². The average molecular weight is 296 g/mol. The number of rotatable bonds is 3. The molecule has 1 aliphatic rings. The van der Waals surface area contributed by atoms with E-state index < -0.39 is 30.6 Å². The fourth-order valence-electron chi connectivity index (χ4n) is 2.05. The van der Waals surface area contributed by atoms with E-state index in [1.54, 1.807) is 0 Å². The molecule has 0 aromatic heterocycles. The minimum Gasteiger partial charge on any atom is -0.386 e. The Labute approximate surface area is 113 Å². The number of hydrogen-bond donors (Lipinski definition) is 1. The van der Waals surface area contributed by atoms with Gasteiger partial charge >= 0.3 is 18.1 Å². The normalized spacial score (nSPS) is 19.6. The van der Waals surface area contributed by atoms with Gasteiger partial charge in [0, 0.05) is 12.6 Å². The van der Waals surface area contributed by atoms with Crippen molar-refractivity contribution in [1.82, 2.24) is 4.90 Å². The van der Waals surface area contributed by atoms with Crippen molar-refractivity contribution in [3.05, 3.63) is 0 Å². The fraction of sp³-hybridized carbons (Fsp3) is 0.727. The maximum Gasteiger partial charge on any atom is 0.491 e. The Morgan fingerprint density at radius 3 is 2.45 bits per heavy atom. The van der Waals surface area contributed by atoms with E-state index in [0.717, 1.165) is 12.8 Å². The number of ether oxygens (including phenoxy) is 1. The summed E-state index contributed by atoms with van der Waals surface area (Å²) in [5.41, 5.74) is 5.22. The van der Waals surface area contributed by atoms with Crippen molar-refractivity contribution in [3.8, 4) is 0 Å². The molecule has 1 fully saturated rings. The summed E-state index contributed by atoms with van der Waals surface area (Å²) in [6, 6.07) is -0.576. The van der Waals surface area contributed by atoms with E-state index in [1.165, 1.54) is 4.90 Å². The summed E-state index contributed by atoms with van der Waals surface area (Å²) >= 11 is 0. The molecule has 1 atom stereocenters. The molecule has 1 saturated heterocycles. The van der Waals surface area contributed by atoms with Gasteiger partial charge in [-0.25, -0.2) is 4.79 Å². The van der Waals surface area contributed by atoms with E-state index >= 15 is 0 Å². The molecular weight excluding hydrogens is 281 g/mol. The zero-order valence-corrected chi connectivity index (χ0v) is 10.6. The number of carbonyl (C=O) groups is 3. The van der Waals surface area contributed by atoms with Crippen LogP contribution in [0.25, 0.3) is 0 Å². The van der Waals surface area contributed by atoms with E-state index in [2.05, 4.69) is 4.74 Å². The van der Waals surface area contributed by atoms with Gasteiger partial charge in [-0.2, -0.15) is 13.2 Å². The van der Waals surface area contributed by atoms with Gasteiger partial charge in [-0.15, -0.1) is 0 Å². The number of nitrogens with two attached hydrogens (primary N) is 1. The van der Waals surface area contributed by atoms with Crippen molar-refractivity contribution >= 4 is 17.8 Å². The molecular formula is C11H15F3N2O4. The molecule has 0 spiro atoms. The van der Waals surface area contributed by atoms with Crippen molar-refractivity contribution in [3.63, 3.8) is 0 Å². The summed E-state index contributed by atoms with van der Waals surface area (Å²) in [7, 11) is 0. The predicted molar refractivity (Wildman–Crippen MR) is 60.2 cm³/mol. The van der Waals surface area contributed by atoms with Gasteiger partial charge in [0.25, 0.3) is 0 Å². The molecule has 0 radical (unpaired) electrons. The molecule has 20 heavy (non-hydrogen) atoms. The average Bonchev–Trinajstić information content (AvgIpc) is 2.37. The van der Waals surface area contributed by atoms with Gasteiger partial charge in [-0.05, 0) is 19.3 Å². The zero-order chi connectivity index (χ0) is 15.3. The van der Waals surface area contributed by atoms with Gasteiger partial charge in [0.05, 0.1) is 13.0 Å². The minimum atomic E-state index is -5.21. The summed E-state index contributed by atoms with van der Waals surface area (Å²) in [5.74, 6) is -4.23. The van der Waals surface area contributed by atoms with Crippen LogP contribution in [0, 0.1) is 0 Å². The summed E-state index contributed by atoms with van der Waals surface area (Å²) in [6.45, 7) is 0.147. The van der Waals surface area contributed by atoms with Crippen LogP contribution >= 0.6 is 0 Å². The van der Waals surface area contributed by atoms with Gasteiger partial charge in [0.15, 0.2) is 0 Å². The SMILES string of the molecule is NCC(=O)N1CCCCC1CC(=O)OC(=O)C(F)(F)F. The molecule has 0 aliphatic carbocycles. The van der Waals surface area contributed by atoms with Gasteiger partial charge in [0.2, 0.25) is 5.91 Å². The lowest BCUT2D eigenvalue weighted by molar-refractivity contribution is -0.202. The first kappa shape index (κ1) is 16.4. The largest absolute Gasteiger partial charge is 0.491 e. The first-order valence-corrected chi connectivity index (χ1v) is 6.07. The Morgan fingerprint density at radius 2 is 1.90 bits per heavy atom. The van der Waals surface area contributed by atoms with Crippen LogP contribution < -0.4 is 5.73 Å². The number of esters is 2. The highest BCUT2D eigenvalue weighted by atomic mass is 19.4. The van der Waals surface area contributed by atoms with Gasteiger partial charge in [-0.1, -0.05) is 0 Å². The fourth-order valence-corrected chi connectivity index (χ4v) is 2.05. The third-order valence-electron chi connectivity index (χ3n) is 2.96. The summed E-state index contributed by atoms with van der Waals surface area (Å²) in [5, 5.41) is 0. The molecule has 1 unspecified atom stereocenters. The molecule has 1 amide bonds. The van der Waals surface area contributed by atoms with Crippen LogP contribution in [-0.4, -0.2) is 48.1 Å². The van der Waals surface area contributed by atoms with Crippen molar-refractivity contribution in [2.24, 2.45) is 5.73 Å². The Hall–Kier alpha value is -1.64. The quantitative estimate of drug-likeness (QED) is 0.599. The molecule has 0 saturated carbocycles. The van der Waals surface area contributed by atoms with Crippen LogP contribution in [0.5, 0.6) is 0 Å². The molecule has 1 rings (SSSR count). The standard InChI is InChI=1S/C11H15F3N2O4/c12-11(13,14)10(19)20-9(18)5-7-3-1-2-4-16(7)8(17)6-15/h7H,1-6,15H2. The highest BCUT2D eigenvalue weighted by molar-refractivity contribution is 5.89. The number of hydrogen-bond acceptors (Lipinski definition) is 5. The highest BCUT2D eigenvalue weighted by Gasteiger charge is 2.43. The first-order valence-electron chi connectivity index (χ1n) is 6.07. The Morgan fingerprint density at radius 1 is 1.25 bits per heavy atom. The molecule has 9 heteroatoms. The van der Waals surface area contributed by atoms with Crippen LogP contribution in [0.4, 0.5) is 13.2 Å². The van der Waals surface area contributed by atoms with Crippen molar-refractivity contribution in [2.45, 2.75) is 37.9 Å². The minimum absolute atomic E-state index is 0.243. The lowest BCUT2D eigenvalue weighted by Gasteiger charge is -2.35. The highest BCUT2D eigenvalue weighted by Crippen LogP contribution is 2.21. The van der Waals surface area contributed by atoms with Gasteiger partial charge in [0.1, 0.15) is 0 Å². The second-order valence-electron chi connectivity index (χ2n) is 4.40. The molecule has 2 N–H and O–H groups in total. The number of carbonyl (C=O) groups excluding carboxylic acids is 3. The van der Waals surface area contributed by atoms with E-state index in [0.29, 0.717) is 13.0 Å². The monoisotopic (exact) mass is 296 g/mol. The van der Waals surface area contributed by atoms with Crippen molar-refractivity contribution in [1.29, 1.82) is 0 Å². The summed E-state index contributed by atoms with van der Waals surface area (Å²) in [4.78, 5) is 34.7. The van der Waals surface area contributed by atoms with Gasteiger partial charge in [-0.3, -0.25) is 9.59 Å². The molecule has 6 nitrogen and oxygen atoms in total. The van der Waals surface area contributed by atoms with Crippen LogP contribution in [0.3, 0.4) is 0 Å². The Bertz CT molecular complexity index is 398. The zero-order valence-electron chi connectivity index (χ0n) is 10.6. The number of piperidine rings is 1. The maximum absolute atomic E-state index is 11.9. The van der Waals surface area contributed by atoms with Crippen LogP contribution in [0.1, 0.15) is 25.7 Å². The molecule has 0 bridgehead atoms. The van der Waals surface area contributed by atoms with Crippen LogP contribution in [0.2, 0.25) is 0 Å². The number of alkyl halides is 3. The molecule has 0 aromatic rings. The van der Waals surface area contributed by atoms with Crippen LogP contribution in [-0.2, 0) is 19.1 Å². The van der Waals surface area contributed by atoms with Crippen LogP contribution in [0.15, 0.2) is 0 Å².